The van der Waals surface area contributed by atoms with Crippen LogP contribution in [-0.4, -0.2) is 35.4 Å². The first-order chi connectivity index (χ1) is 12.1. The van der Waals surface area contributed by atoms with Crippen molar-refractivity contribution in [1.29, 1.82) is 0 Å². The highest BCUT2D eigenvalue weighted by molar-refractivity contribution is 8.00. The number of hydrogen-bond acceptors (Lipinski definition) is 4. The Morgan fingerprint density at radius 2 is 1.84 bits per heavy atom. The second-order valence-electron chi connectivity index (χ2n) is 6.07. The minimum absolute atomic E-state index is 0.00681. The number of thioether (sulfide) groups is 1. The monoisotopic (exact) mass is 356 g/mol. The second-order valence-corrected chi connectivity index (χ2v) is 7.12. The summed E-state index contributed by atoms with van der Waals surface area (Å²) < 4.78 is 0.730. The number of likely N-dealkylation sites (tertiary alicyclic amines) is 1. The van der Waals surface area contributed by atoms with Crippen molar-refractivity contribution < 1.29 is 14.3 Å². The number of carbonyl (C=O) groups is 2. The van der Waals surface area contributed by atoms with Gasteiger partial charge in [-0.1, -0.05) is 30.3 Å². The van der Waals surface area contributed by atoms with Crippen LogP contribution in [0.15, 0.2) is 59.8 Å². The van der Waals surface area contributed by atoms with E-state index in [-0.39, 0.29) is 17.6 Å². The van der Waals surface area contributed by atoms with Crippen LogP contribution in [0.5, 0.6) is 0 Å². The van der Waals surface area contributed by atoms with E-state index >= 15 is 0 Å². The van der Waals surface area contributed by atoms with Gasteiger partial charge in [0.25, 0.3) is 0 Å². The molecule has 0 saturated carbocycles. The first kappa shape index (κ1) is 17.5. The Bertz CT molecular complexity index is 743. The molecule has 1 saturated heterocycles. The quantitative estimate of drug-likeness (QED) is 0.357. The summed E-state index contributed by atoms with van der Waals surface area (Å²) in [5.74, 6) is 0.525. The lowest BCUT2D eigenvalue weighted by molar-refractivity contribution is -0.607. The summed E-state index contributed by atoms with van der Waals surface area (Å²) in [6.07, 6.45) is 4.29. The van der Waals surface area contributed by atoms with Gasteiger partial charge in [-0.05, 0) is 18.9 Å². The molecule has 5 nitrogen and oxygen atoms in total. The molecule has 1 amide bonds. The van der Waals surface area contributed by atoms with E-state index in [1.54, 1.807) is 6.07 Å². The van der Waals surface area contributed by atoms with Gasteiger partial charge in [0.2, 0.25) is 5.91 Å². The van der Waals surface area contributed by atoms with E-state index in [2.05, 4.69) is 0 Å². The molecule has 6 heteroatoms. The summed E-state index contributed by atoms with van der Waals surface area (Å²) in [6.45, 7) is 1.22. The third-order valence-corrected chi connectivity index (χ3v) is 5.35. The van der Waals surface area contributed by atoms with Crippen LogP contribution in [0.25, 0.3) is 0 Å². The number of amides is 1. The van der Waals surface area contributed by atoms with E-state index in [1.165, 1.54) is 24.2 Å². The van der Waals surface area contributed by atoms with Crippen LogP contribution < -0.4 is 4.73 Å². The Labute approximate surface area is 151 Å². The number of ketones is 1. The fourth-order valence-corrected chi connectivity index (χ4v) is 3.81. The molecule has 0 N–H and O–H groups in total. The lowest BCUT2D eigenvalue weighted by Gasteiger charge is -2.31. The maximum absolute atomic E-state index is 12.5. The fraction of sp³-hybridized carbons (Fsp3) is 0.316. The molecule has 0 radical (unpaired) electrons. The fourth-order valence-electron chi connectivity index (χ4n) is 2.99. The van der Waals surface area contributed by atoms with Gasteiger partial charge >= 0.3 is 0 Å². The molecule has 1 aromatic carbocycles. The molecule has 3 rings (SSSR count). The SMILES string of the molecule is O=C(c1ccccc1)C1CCN(C(=O)CSc2ccc[n+]([O-])c2)CC1. The van der Waals surface area contributed by atoms with E-state index in [0.717, 1.165) is 15.2 Å². The molecular weight excluding hydrogens is 336 g/mol. The number of piperidine rings is 1. The van der Waals surface area contributed by atoms with Gasteiger partial charge in [-0.15, -0.1) is 11.8 Å². The Balaban J connectivity index is 1.48. The van der Waals surface area contributed by atoms with Crippen LogP contribution in [0.3, 0.4) is 0 Å². The maximum atomic E-state index is 12.5. The van der Waals surface area contributed by atoms with E-state index in [4.69, 9.17) is 0 Å². The minimum atomic E-state index is -0.00681. The van der Waals surface area contributed by atoms with Crippen molar-refractivity contribution in [3.8, 4) is 0 Å². The van der Waals surface area contributed by atoms with Gasteiger partial charge < -0.3 is 10.1 Å². The highest BCUT2D eigenvalue weighted by Crippen LogP contribution is 2.23. The van der Waals surface area contributed by atoms with E-state index in [0.29, 0.717) is 31.7 Å². The second kappa shape index (κ2) is 8.16. The van der Waals surface area contributed by atoms with Crippen LogP contribution >= 0.6 is 11.8 Å². The van der Waals surface area contributed by atoms with Crippen molar-refractivity contribution in [2.75, 3.05) is 18.8 Å². The summed E-state index contributed by atoms with van der Waals surface area (Å²) in [6, 6.07) is 12.8. The van der Waals surface area contributed by atoms with Crippen LogP contribution in [0.4, 0.5) is 0 Å². The zero-order chi connectivity index (χ0) is 17.6. The van der Waals surface area contributed by atoms with Gasteiger partial charge in [0.1, 0.15) is 0 Å². The topological polar surface area (TPSA) is 64.3 Å². The van der Waals surface area contributed by atoms with Crippen LogP contribution in [0.2, 0.25) is 0 Å². The molecule has 1 aliphatic heterocycles. The van der Waals surface area contributed by atoms with Crippen LogP contribution in [0, 0.1) is 11.1 Å². The summed E-state index contributed by atoms with van der Waals surface area (Å²) >= 11 is 1.36. The smallest absolute Gasteiger partial charge is 0.232 e. The normalized spacial score (nSPS) is 15.1. The molecule has 1 aromatic heterocycles. The molecule has 2 heterocycles. The third kappa shape index (κ3) is 4.60. The standard InChI is InChI=1S/C19H20N2O3S/c22-18(14-25-17-7-4-10-21(24)13-17)20-11-8-16(9-12-20)19(23)15-5-2-1-3-6-15/h1-7,10,13,16H,8-9,11-12,14H2. The Morgan fingerprint density at radius 1 is 1.12 bits per heavy atom. The molecule has 25 heavy (non-hydrogen) atoms. The molecule has 1 fully saturated rings. The first-order valence-electron chi connectivity index (χ1n) is 8.32. The van der Waals surface area contributed by atoms with Crippen molar-refractivity contribution >= 4 is 23.5 Å². The molecule has 2 aromatic rings. The number of hydrogen-bond donors (Lipinski definition) is 0. The molecule has 0 atom stereocenters. The predicted octanol–water partition coefficient (Wildman–Crippen LogP) is 2.53. The highest BCUT2D eigenvalue weighted by Gasteiger charge is 2.27. The first-order valence-corrected chi connectivity index (χ1v) is 9.31. The summed E-state index contributed by atoms with van der Waals surface area (Å²) in [4.78, 5) is 27.4. The lowest BCUT2D eigenvalue weighted by Crippen LogP contribution is -2.41. The van der Waals surface area contributed by atoms with Crippen molar-refractivity contribution in [3.05, 3.63) is 65.6 Å². The number of pyridine rings is 1. The summed E-state index contributed by atoms with van der Waals surface area (Å²) in [7, 11) is 0. The zero-order valence-electron chi connectivity index (χ0n) is 13.8. The predicted molar refractivity (Wildman–Crippen MR) is 96.2 cm³/mol. The van der Waals surface area contributed by atoms with E-state index < -0.39 is 0 Å². The van der Waals surface area contributed by atoms with Crippen molar-refractivity contribution in [1.82, 2.24) is 4.90 Å². The minimum Gasteiger partial charge on any atom is -0.619 e. The van der Waals surface area contributed by atoms with Gasteiger partial charge in [-0.25, -0.2) is 0 Å². The number of Topliss-reactive ketones (excluding diaryl/α,β-unsaturated/α-hetero) is 1. The Hall–Kier alpha value is -2.34. The summed E-state index contributed by atoms with van der Waals surface area (Å²) in [5.41, 5.74) is 0.748. The molecule has 0 aliphatic carbocycles. The maximum Gasteiger partial charge on any atom is 0.232 e. The average Bonchev–Trinajstić information content (AvgIpc) is 2.66. The van der Waals surface area contributed by atoms with Gasteiger partial charge in [0.15, 0.2) is 18.2 Å². The number of benzene rings is 1. The van der Waals surface area contributed by atoms with Gasteiger partial charge in [0, 0.05) is 30.6 Å². The average molecular weight is 356 g/mol. The Morgan fingerprint density at radius 3 is 2.52 bits per heavy atom. The van der Waals surface area contributed by atoms with Crippen molar-refractivity contribution in [2.45, 2.75) is 17.7 Å². The molecule has 0 unspecified atom stereocenters. The number of carbonyl (C=O) groups excluding carboxylic acids is 2. The van der Waals surface area contributed by atoms with Crippen molar-refractivity contribution in [3.63, 3.8) is 0 Å². The lowest BCUT2D eigenvalue weighted by atomic mass is 9.89. The largest absolute Gasteiger partial charge is 0.619 e. The van der Waals surface area contributed by atoms with E-state index in [1.807, 2.05) is 41.3 Å². The Kier molecular flexibility index (Phi) is 5.71. The van der Waals surface area contributed by atoms with E-state index in [9.17, 15) is 14.8 Å². The van der Waals surface area contributed by atoms with Gasteiger partial charge in [-0.2, -0.15) is 4.73 Å². The number of aromatic nitrogens is 1. The van der Waals surface area contributed by atoms with Gasteiger partial charge in [0.05, 0.1) is 10.6 Å². The molecule has 0 spiro atoms. The summed E-state index contributed by atoms with van der Waals surface area (Å²) in [5, 5.41) is 11.2. The number of rotatable bonds is 5. The van der Waals surface area contributed by atoms with Crippen molar-refractivity contribution in [2.24, 2.45) is 5.92 Å². The van der Waals surface area contributed by atoms with Crippen LogP contribution in [-0.2, 0) is 4.79 Å². The molecular formula is C19H20N2O3S. The molecule has 0 bridgehead atoms. The number of nitrogens with zero attached hydrogens (tertiary/aromatic N) is 2. The zero-order valence-corrected chi connectivity index (χ0v) is 14.7. The third-order valence-electron chi connectivity index (χ3n) is 4.39. The molecule has 130 valence electrons. The van der Waals surface area contributed by atoms with Gasteiger partial charge in [-0.3, -0.25) is 9.59 Å². The highest BCUT2D eigenvalue weighted by atomic mass is 32.2. The molecule has 1 aliphatic rings. The van der Waals surface area contributed by atoms with Crippen LogP contribution in [0.1, 0.15) is 23.2 Å².